The van der Waals surface area contributed by atoms with Crippen molar-refractivity contribution in [3.63, 3.8) is 0 Å². The van der Waals surface area contributed by atoms with E-state index in [9.17, 15) is 22.8 Å². The number of hydrogen-bond acceptors (Lipinski definition) is 5. The monoisotopic (exact) mass is 497 g/mol. The van der Waals surface area contributed by atoms with E-state index in [-0.39, 0.29) is 22.4 Å². The highest BCUT2D eigenvalue weighted by molar-refractivity contribution is 7.99. The molecular formula is C21H19ClF3N5O2S. The Kier molecular flexibility index (Phi) is 7.65. The second-order valence-corrected chi connectivity index (χ2v) is 8.19. The first-order valence-electron chi connectivity index (χ1n) is 9.69. The topological polar surface area (TPSA) is 88.9 Å². The molecule has 7 nitrogen and oxygen atoms in total. The molecule has 12 heteroatoms. The van der Waals surface area contributed by atoms with Crippen molar-refractivity contribution in [2.45, 2.75) is 31.7 Å². The van der Waals surface area contributed by atoms with Crippen LogP contribution in [0.25, 0.3) is 11.4 Å². The molecule has 33 heavy (non-hydrogen) atoms. The smallest absolute Gasteiger partial charge is 0.326 e. The van der Waals surface area contributed by atoms with Crippen LogP contribution >= 0.6 is 23.4 Å². The third-order valence-corrected chi connectivity index (χ3v) is 5.69. The lowest BCUT2D eigenvalue weighted by Gasteiger charge is -2.12. The normalized spacial score (nSPS) is 11.3. The highest BCUT2D eigenvalue weighted by Gasteiger charge is 2.31. The zero-order chi connectivity index (χ0) is 24.2. The molecule has 0 unspecified atom stereocenters. The molecular weight excluding hydrogens is 479 g/mol. The molecule has 0 bridgehead atoms. The highest BCUT2D eigenvalue weighted by atomic mass is 35.5. The molecule has 0 fully saturated rings. The van der Waals surface area contributed by atoms with Gasteiger partial charge in [-0.3, -0.25) is 9.59 Å². The van der Waals surface area contributed by atoms with E-state index in [4.69, 9.17) is 11.6 Å². The van der Waals surface area contributed by atoms with Crippen LogP contribution in [0, 0.1) is 0 Å². The van der Waals surface area contributed by atoms with E-state index < -0.39 is 17.6 Å². The largest absolute Gasteiger partial charge is 0.416 e. The van der Waals surface area contributed by atoms with Gasteiger partial charge < -0.3 is 15.2 Å². The summed E-state index contributed by atoms with van der Waals surface area (Å²) in [4.78, 5) is 23.5. The number of aromatic nitrogens is 3. The number of hydrogen-bond donors (Lipinski definition) is 2. The summed E-state index contributed by atoms with van der Waals surface area (Å²) >= 11 is 7.02. The maximum Gasteiger partial charge on any atom is 0.416 e. The lowest BCUT2D eigenvalue weighted by Crippen LogP contribution is -2.16. The minimum absolute atomic E-state index is 0.00284. The number of anilines is 2. The average Bonchev–Trinajstić information content (AvgIpc) is 3.16. The zero-order valence-electron chi connectivity index (χ0n) is 17.5. The molecule has 1 heterocycles. The third-order valence-electron chi connectivity index (χ3n) is 4.40. The number of thioether (sulfide) groups is 1. The highest BCUT2D eigenvalue weighted by Crippen LogP contribution is 2.34. The molecule has 0 saturated carbocycles. The fourth-order valence-corrected chi connectivity index (χ4v) is 3.88. The van der Waals surface area contributed by atoms with Gasteiger partial charge in [0.1, 0.15) is 0 Å². The van der Waals surface area contributed by atoms with Crippen molar-refractivity contribution in [3.8, 4) is 11.4 Å². The standard InChI is InChI=1S/C21H19ClF3N5O2S/c1-3-30-19(13-4-7-15(8-5-13)26-12(2)31)28-29-20(30)33-11-18(32)27-17-10-14(21(23,24)25)6-9-16(17)22/h4-10H,3,11H2,1-2H3,(H,26,31)(H,27,32). The molecule has 3 aromatic rings. The molecule has 0 aliphatic carbocycles. The zero-order valence-corrected chi connectivity index (χ0v) is 19.1. The van der Waals surface area contributed by atoms with Crippen LogP contribution in [0.2, 0.25) is 5.02 Å². The van der Waals surface area contributed by atoms with Crippen LogP contribution < -0.4 is 10.6 Å². The van der Waals surface area contributed by atoms with E-state index in [0.29, 0.717) is 23.2 Å². The van der Waals surface area contributed by atoms with Crippen molar-refractivity contribution < 1.29 is 22.8 Å². The second-order valence-electron chi connectivity index (χ2n) is 6.84. The van der Waals surface area contributed by atoms with Gasteiger partial charge in [0.25, 0.3) is 0 Å². The summed E-state index contributed by atoms with van der Waals surface area (Å²) in [5.41, 5.74) is 0.391. The molecule has 0 atom stereocenters. The molecule has 0 spiro atoms. The van der Waals surface area contributed by atoms with Gasteiger partial charge in [0.15, 0.2) is 11.0 Å². The van der Waals surface area contributed by atoms with E-state index in [0.717, 1.165) is 35.5 Å². The molecule has 0 saturated heterocycles. The van der Waals surface area contributed by atoms with Crippen molar-refractivity contribution in [1.82, 2.24) is 14.8 Å². The van der Waals surface area contributed by atoms with Crippen LogP contribution in [-0.2, 0) is 22.3 Å². The van der Waals surface area contributed by atoms with Crippen molar-refractivity contribution >= 4 is 46.6 Å². The van der Waals surface area contributed by atoms with Gasteiger partial charge in [0.05, 0.1) is 22.0 Å². The van der Waals surface area contributed by atoms with E-state index >= 15 is 0 Å². The minimum atomic E-state index is -4.55. The number of carbonyl (C=O) groups excluding carboxylic acids is 2. The predicted molar refractivity (Wildman–Crippen MR) is 121 cm³/mol. The Bertz CT molecular complexity index is 1170. The Balaban J connectivity index is 1.69. The summed E-state index contributed by atoms with van der Waals surface area (Å²) in [7, 11) is 0. The summed E-state index contributed by atoms with van der Waals surface area (Å²) in [6.45, 7) is 3.84. The molecule has 0 aliphatic rings. The van der Waals surface area contributed by atoms with E-state index in [1.54, 1.807) is 24.3 Å². The molecule has 0 aliphatic heterocycles. The Morgan fingerprint density at radius 1 is 1.09 bits per heavy atom. The minimum Gasteiger partial charge on any atom is -0.326 e. The molecule has 2 aromatic carbocycles. The Morgan fingerprint density at radius 2 is 1.79 bits per heavy atom. The van der Waals surface area contributed by atoms with Crippen LogP contribution in [-0.4, -0.2) is 32.3 Å². The van der Waals surface area contributed by atoms with Crippen LogP contribution in [0.4, 0.5) is 24.5 Å². The van der Waals surface area contributed by atoms with Gasteiger partial charge in [0.2, 0.25) is 11.8 Å². The van der Waals surface area contributed by atoms with Gasteiger partial charge in [-0.1, -0.05) is 23.4 Å². The number of benzene rings is 2. The van der Waals surface area contributed by atoms with Crippen LogP contribution in [0.15, 0.2) is 47.6 Å². The second kappa shape index (κ2) is 10.3. The first-order valence-corrected chi connectivity index (χ1v) is 11.1. The van der Waals surface area contributed by atoms with E-state index in [2.05, 4.69) is 20.8 Å². The number of rotatable bonds is 7. The Hall–Kier alpha value is -3.05. The van der Waals surface area contributed by atoms with Crippen molar-refractivity contribution in [3.05, 3.63) is 53.1 Å². The maximum absolute atomic E-state index is 12.9. The fourth-order valence-electron chi connectivity index (χ4n) is 2.91. The molecule has 174 valence electrons. The molecule has 3 rings (SSSR count). The van der Waals surface area contributed by atoms with Gasteiger partial charge in [-0.25, -0.2) is 0 Å². The van der Waals surface area contributed by atoms with Gasteiger partial charge in [0, 0.05) is 24.7 Å². The molecule has 2 amide bonds. The molecule has 0 radical (unpaired) electrons. The quantitative estimate of drug-likeness (QED) is 0.431. The number of nitrogens with one attached hydrogen (secondary N) is 2. The van der Waals surface area contributed by atoms with Gasteiger partial charge in [-0.15, -0.1) is 10.2 Å². The van der Waals surface area contributed by atoms with Gasteiger partial charge in [-0.05, 0) is 49.4 Å². The van der Waals surface area contributed by atoms with E-state index in [1.165, 1.54) is 6.92 Å². The number of alkyl halides is 3. The lowest BCUT2D eigenvalue weighted by molar-refractivity contribution is -0.137. The molecule has 2 N–H and O–H groups in total. The number of carbonyl (C=O) groups is 2. The molecule has 1 aromatic heterocycles. The first kappa shape index (κ1) is 24.6. The third kappa shape index (κ3) is 6.26. The van der Waals surface area contributed by atoms with Crippen LogP contribution in [0.5, 0.6) is 0 Å². The first-order chi connectivity index (χ1) is 15.6. The van der Waals surface area contributed by atoms with E-state index in [1.807, 2.05) is 11.5 Å². The fraction of sp³-hybridized carbons (Fsp3) is 0.238. The van der Waals surface area contributed by atoms with Crippen molar-refractivity contribution in [2.75, 3.05) is 16.4 Å². The summed E-state index contributed by atoms with van der Waals surface area (Å²) < 4.78 is 40.5. The Labute approximate surface area is 196 Å². The van der Waals surface area contributed by atoms with Crippen LogP contribution in [0.3, 0.4) is 0 Å². The van der Waals surface area contributed by atoms with Gasteiger partial charge in [-0.2, -0.15) is 13.2 Å². The average molecular weight is 498 g/mol. The van der Waals surface area contributed by atoms with Crippen molar-refractivity contribution in [2.24, 2.45) is 0 Å². The maximum atomic E-state index is 12.9. The number of nitrogens with zero attached hydrogens (tertiary/aromatic N) is 3. The van der Waals surface area contributed by atoms with Crippen molar-refractivity contribution in [1.29, 1.82) is 0 Å². The predicted octanol–water partition coefficient (Wildman–Crippen LogP) is 5.33. The number of halogens is 4. The number of amides is 2. The summed E-state index contributed by atoms with van der Waals surface area (Å²) in [6, 6.07) is 9.79. The summed E-state index contributed by atoms with van der Waals surface area (Å²) in [5.74, 6) is -0.238. The van der Waals surface area contributed by atoms with Gasteiger partial charge >= 0.3 is 6.18 Å². The summed E-state index contributed by atoms with van der Waals surface area (Å²) in [6.07, 6.45) is -4.55. The summed E-state index contributed by atoms with van der Waals surface area (Å²) in [5, 5.41) is 13.9. The Morgan fingerprint density at radius 3 is 2.39 bits per heavy atom. The lowest BCUT2D eigenvalue weighted by atomic mass is 10.2. The van der Waals surface area contributed by atoms with Crippen LogP contribution in [0.1, 0.15) is 19.4 Å². The SMILES string of the molecule is CCn1c(SCC(=O)Nc2cc(C(F)(F)F)ccc2Cl)nnc1-c1ccc(NC(C)=O)cc1.